The Hall–Kier alpha value is -3.92. The Bertz CT molecular complexity index is 1410. The second kappa shape index (κ2) is 7.40. The van der Waals surface area contributed by atoms with Crippen LogP contribution in [0.5, 0.6) is 0 Å². The summed E-state index contributed by atoms with van der Waals surface area (Å²) >= 11 is 0. The lowest BCUT2D eigenvalue weighted by Crippen LogP contribution is -2.01. The number of allylic oxidation sites excluding steroid dienone is 1. The topological polar surface area (TPSA) is 55.1 Å². The van der Waals surface area contributed by atoms with Crippen LogP contribution in [0.15, 0.2) is 67.0 Å². The molecule has 4 nitrogen and oxygen atoms in total. The average Bonchev–Trinajstić information content (AvgIpc) is 3.07. The van der Waals surface area contributed by atoms with Crippen molar-refractivity contribution in [2.45, 2.75) is 20.4 Å². The minimum absolute atomic E-state index is 0.289. The summed E-state index contributed by atoms with van der Waals surface area (Å²) in [6.07, 6.45) is 8.19. The zero-order valence-corrected chi connectivity index (χ0v) is 17.5. The number of imidazole rings is 1. The van der Waals surface area contributed by atoms with E-state index in [1.54, 1.807) is 12.1 Å². The highest BCUT2D eigenvalue weighted by Gasteiger charge is 2.17. The number of hydrogen-bond acceptors (Lipinski definition) is 2. The van der Waals surface area contributed by atoms with Crippen molar-refractivity contribution in [1.29, 1.82) is 0 Å². The van der Waals surface area contributed by atoms with E-state index in [1.165, 1.54) is 11.1 Å². The predicted octanol–water partition coefficient (Wildman–Crippen LogP) is 5.97. The number of aromatic carboxylic acids is 1. The van der Waals surface area contributed by atoms with Crippen LogP contribution in [0.4, 0.5) is 0 Å². The molecular weight excluding hydrogens is 384 g/mol. The summed E-state index contributed by atoms with van der Waals surface area (Å²) in [5, 5.41) is 9.54. The van der Waals surface area contributed by atoms with E-state index >= 15 is 0 Å². The molecule has 0 fully saturated rings. The molecule has 1 N–H and O–H groups in total. The van der Waals surface area contributed by atoms with Gasteiger partial charge in [-0.3, -0.25) is 0 Å². The zero-order chi connectivity index (χ0) is 21.5. The Kier molecular flexibility index (Phi) is 4.55. The molecule has 4 heteroatoms. The third-order valence-corrected chi connectivity index (χ3v) is 6.01. The molecule has 1 aliphatic carbocycles. The lowest BCUT2D eigenvalue weighted by Gasteiger charge is -2.13. The molecule has 1 heterocycles. The number of aromatic nitrogens is 2. The lowest BCUT2D eigenvalue weighted by molar-refractivity contribution is 0.0697. The van der Waals surface area contributed by atoms with E-state index in [1.807, 2.05) is 24.5 Å². The summed E-state index contributed by atoms with van der Waals surface area (Å²) in [7, 11) is 0. The first kappa shape index (κ1) is 19.1. The van der Waals surface area contributed by atoms with Crippen LogP contribution in [-0.2, 0) is 6.54 Å². The molecule has 152 valence electrons. The zero-order valence-electron chi connectivity index (χ0n) is 17.5. The number of fused-ring (bicyclic) bond motifs is 3. The van der Waals surface area contributed by atoms with Crippen LogP contribution in [-0.4, -0.2) is 20.6 Å². The summed E-state index contributed by atoms with van der Waals surface area (Å²) in [4.78, 5) is 16.2. The van der Waals surface area contributed by atoms with Crippen molar-refractivity contribution in [3.05, 3.63) is 106 Å². The van der Waals surface area contributed by atoms with Gasteiger partial charge in [0.05, 0.1) is 22.9 Å². The minimum Gasteiger partial charge on any atom is -0.478 e. The van der Waals surface area contributed by atoms with Gasteiger partial charge in [0.15, 0.2) is 0 Å². The third-order valence-electron chi connectivity index (χ3n) is 6.01. The summed E-state index contributed by atoms with van der Waals surface area (Å²) in [5.74, 6) is -0.921. The van der Waals surface area contributed by atoms with Gasteiger partial charge in [0, 0.05) is 6.54 Å². The predicted molar refractivity (Wildman–Crippen MR) is 125 cm³/mol. The molecule has 0 bridgehead atoms. The van der Waals surface area contributed by atoms with Gasteiger partial charge < -0.3 is 9.67 Å². The fourth-order valence-corrected chi connectivity index (χ4v) is 4.15. The van der Waals surface area contributed by atoms with E-state index < -0.39 is 5.97 Å². The Morgan fingerprint density at radius 2 is 1.71 bits per heavy atom. The van der Waals surface area contributed by atoms with Gasteiger partial charge >= 0.3 is 5.97 Å². The van der Waals surface area contributed by atoms with Gasteiger partial charge in [0.2, 0.25) is 0 Å². The van der Waals surface area contributed by atoms with Crippen LogP contribution < -0.4 is 0 Å². The van der Waals surface area contributed by atoms with Gasteiger partial charge in [-0.2, -0.15) is 0 Å². The van der Waals surface area contributed by atoms with Crippen LogP contribution in [0, 0.1) is 13.8 Å². The molecule has 1 aliphatic rings. The SMILES string of the molecule is Cc1cc2ncn(C/C=C3\c4ccccc4C=Cc4ccc(C(=O)O)cc43)c2cc1C. The molecule has 0 amide bonds. The molecule has 0 radical (unpaired) electrons. The molecule has 0 unspecified atom stereocenters. The number of benzene rings is 3. The first-order chi connectivity index (χ1) is 15.0. The highest BCUT2D eigenvalue weighted by Crippen LogP contribution is 2.34. The monoisotopic (exact) mass is 406 g/mol. The maximum absolute atomic E-state index is 11.6. The number of rotatable bonds is 3. The first-order valence-corrected chi connectivity index (χ1v) is 10.3. The number of carboxylic acid groups (broad SMARTS) is 1. The van der Waals surface area contributed by atoms with Gasteiger partial charge in [-0.15, -0.1) is 0 Å². The van der Waals surface area contributed by atoms with Gasteiger partial charge in [-0.25, -0.2) is 9.78 Å². The van der Waals surface area contributed by atoms with Crippen molar-refractivity contribution in [3.8, 4) is 0 Å². The smallest absolute Gasteiger partial charge is 0.335 e. The van der Waals surface area contributed by atoms with Gasteiger partial charge in [0.25, 0.3) is 0 Å². The number of aryl methyl sites for hydroxylation is 2. The highest BCUT2D eigenvalue weighted by atomic mass is 16.4. The van der Waals surface area contributed by atoms with Crippen molar-refractivity contribution >= 4 is 34.7 Å². The standard InChI is InChI=1S/C27H22N2O2/c1-17-13-25-26(14-18(17)2)29(16-28-25)12-11-23-22-6-4-3-5-19(22)7-8-20-9-10-21(27(30)31)15-24(20)23/h3-11,13-16H,12H2,1-2H3,(H,30,31)/b23-11+. The van der Waals surface area contributed by atoms with E-state index in [0.29, 0.717) is 6.54 Å². The third kappa shape index (κ3) is 3.36. The van der Waals surface area contributed by atoms with Crippen LogP contribution in [0.25, 0.3) is 28.8 Å². The quantitative estimate of drug-likeness (QED) is 0.402. The molecule has 4 aromatic rings. The molecule has 0 spiro atoms. The van der Waals surface area contributed by atoms with E-state index in [2.05, 4.69) is 65.9 Å². The Labute approximate surface area is 180 Å². The van der Waals surface area contributed by atoms with Crippen molar-refractivity contribution < 1.29 is 9.90 Å². The number of nitrogens with zero attached hydrogens (tertiary/aromatic N) is 2. The Morgan fingerprint density at radius 1 is 0.968 bits per heavy atom. The molecule has 0 saturated carbocycles. The fourth-order valence-electron chi connectivity index (χ4n) is 4.15. The summed E-state index contributed by atoms with van der Waals surface area (Å²) < 4.78 is 2.14. The molecule has 0 aliphatic heterocycles. The van der Waals surface area contributed by atoms with Gasteiger partial charge in [-0.05, 0) is 77.1 Å². The van der Waals surface area contributed by atoms with Crippen molar-refractivity contribution in [3.63, 3.8) is 0 Å². The molecule has 31 heavy (non-hydrogen) atoms. The van der Waals surface area contributed by atoms with E-state index in [-0.39, 0.29) is 5.56 Å². The van der Waals surface area contributed by atoms with Gasteiger partial charge in [0.1, 0.15) is 0 Å². The second-order valence-corrected chi connectivity index (χ2v) is 7.97. The maximum atomic E-state index is 11.6. The van der Waals surface area contributed by atoms with Crippen LogP contribution in [0.1, 0.15) is 43.7 Å². The second-order valence-electron chi connectivity index (χ2n) is 7.97. The number of carbonyl (C=O) groups is 1. The Balaban J connectivity index is 1.67. The molecule has 5 rings (SSSR count). The molecular formula is C27H22N2O2. The number of hydrogen-bond donors (Lipinski definition) is 1. The average molecular weight is 406 g/mol. The molecule has 1 aromatic heterocycles. The van der Waals surface area contributed by atoms with Crippen molar-refractivity contribution in [2.24, 2.45) is 0 Å². The first-order valence-electron chi connectivity index (χ1n) is 10.3. The normalized spacial score (nSPS) is 13.8. The van der Waals surface area contributed by atoms with Crippen molar-refractivity contribution in [1.82, 2.24) is 9.55 Å². The fraction of sp³-hybridized carbons (Fsp3) is 0.111. The van der Waals surface area contributed by atoms with Crippen LogP contribution in [0.3, 0.4) is 0 Å². The summed E-state index contributed by atoms with van der Waals surface area (Å²) in [6.45, 7) is 4.85. The highest BCUT2D eigenvalue weighted by molar-refractivity contribution is 5.97. The summed E-state index contributed by atoms with van der Waals surface area (Å²) in [6, 6.07) is 17.8. The van der Waals surface area contributed by atoms with Crippen LogP contribution >= 0.6 is 0 Å². The van der Waals surface area contributed by atoms with Crippen molar-refractivity contribution in [2.75, 3.05) is 0 Å². The lowest BCUT2D eigenvalue weighted by atomic mass is 9.92. The van der Waals surface area contributed by atoms with E-state index in [9.17, 15) is 9.90 Å². The number of carboxylic acids is 1. The largest absolute Gasteiger partial charge is 0.478 e. The van der Waals surface area contributed by atoms with Gasteiger partial charge in [-0.1, -0.05) is 48.6 Å². The molecule has 0 atom stereocenters. The summed E-state index contributed by atoms with van der Waals surface area (Å²) in [5.41, 5.74) is 10.0. The van der Waals surface area contributed by atoms with Crippen LogP contribution in [0.2, 0.25) is 0 Å². The minimum atomic E-state index is -0.921. The Morgan fingerprint density at radius 3 is 2.52 bits per heavy atom. The molecule has 0 saturated heterocycles. The van der Waals surface area contributed by atoms with E-state index in [0.717, 1.165) is 38.9 Å². The molecule has 3 aromatic carbocycles. The van der Waals surface area contributed by atoms with E-state index in [4.69, 9.17) is 0 Å². The maximum Gasteiger partial charge on any atom is 0.335 e.